The highest BCUT2D eigenvalue weighted by molar-refractivity contribution is 5.91. The van der Waals surface area contributed by atoms with Gasteiger partial charge in [-0.3, -0.25) is 0 Å². The highest BCUT2D eigenvalue weighted by atomic mass is 19.4. The monoisotopic (exact) mass is 447 g/mol. The number of hydrogen-bond donors (Lipinski definition) is 1. The number of fused-ring (bicyclic) bond motifs is 2. The average Bonchev–Trinajstić information content (AvgIpc) is 3.38. The number of alkyl halides is 3. The zero-order valence-electron chi connectivity index (χ0n) is 17.3. The Morgan fingerprint density at radius 1 is 1.22 bits per heavy atom. The Morgan fingerprint density at radius 2 is 1.97 bits per heavy atom. The van der Waals surface area contributed by atoms with E-state index in [9.17, 15) is 18.0 Å². The number of amides is 2. The van der Waals surface area contributed by atoms with Gasteiger partial charge >= 0.3 is 12.2 Å². The number of anilines is 1. The maximum absolute atomic E-state index is 13.5. The first-order valence-electron chi connectivity index (χ1n) is 10.2. The van der Waals surface area contributed by atoms with E-state index in [4.69, 9.17) is 4.42 Å². The number of piperidine rings is 1. The van der Waals surface area contributed by atoms with E-state index >= 15 is 0 Å². The lowest BCUT2D eigenvalue weighted by molar-refractivity contribution is -0.137. The van der Waals surface area contributed by atoms with Gasteiger partial charge in [-0.15, -0.1) is 10.2 Å². The summed E-state index contributed by atoms with van der Waals surface area (Å²) in [4.78, 5) is 15.8. The molecule has 3 heterocycles. The number of nitrogens with zero attached hydrogens (tertiary/aromatic N) is 6. The second-order valence-electron chi connectivity index (χ2n) is 8.41. The molecule has 3 atom stereocenters. The Kier molecular flexibility index (Phi) is 4.50. The smallest absolute Gasteiger partial charge is 0.418 e. The Balaban J connectivity index is 1.46. The molecule has 2 fully saturated rings. The van der Waals surface area contributed by atoms with Crippen molar-refractivity contribution in [1.82, 2.24) is 30.1 Å². The van der Waals surface area contributed by atoms with E-state index in [1.54, 1.807) is 11.8 Å². The number of benzene rings is 1. The van der Waals surface area contributed by atoms with Crippen LogP contribution in [-0.2, 0) is 11.7 Å². The number of aromatic nitrogens is 5. The highest BCUT2D eigenvalue weighted by Gasteiger charge is 2.62. The van der Waals surface area contributed by atoms with Crippen LogP contribution in [0, 0.1) is 12.8 Å². The number of carbonyl (C=O) groups excluding carboxylic acids is 1. The van der Waals surface area contributed by atoms with Crippen LogP contribution >= 0.6 is 0 Å². The summed E-state index contributed by atoms with van der Waals surface area (Å²) in [5, 5.41) is 18.4. The molecule has 2 bridgehead atoms. The summed E-state index contributed by atoms with van der Waals surface area (Å²) in [6.45, 7) is 3.80. The van der Waals surface area contributed by atoms with Gasteiger partial charge in [0.25, 0.3) is 0 Å². The van der Waals surface area contributed by atoms with Gasteiger partial charge in [-0.05, 0) is 37.0 Å². The van der Waals surface area contributed by atoms with Crippen molar-refractivity contribution in [1.29, 1.82) is 0 Å². The SMILES string of the molecule is Cc1nnc([C@]23C[C@H](C)C[C@H](C2)N3C(=O)Nc2ccc(C(F)(F)F)c(-n3nccn3)c2)o1. The Labute approximate surface area is 180 Å². The lowest BCUT2D eigenvalue weighted by atomic mass is 9.64. The molecule has 1 aliphatic carbocycles. The summed E-state index contributed by atoms with van der Waals surface area (Å²) in [5.41, 5.74) is -1.68. The van der Waals surface area contributed by atoms with Crippen LogP contribution in [-0.4, -0.2) is 42.2 Å². The molecule has 1 N–H and O–H groups in total. The van der Waals surface area contributed by atoms with Gasteiger partial charge in [0, 0.05) is 25.1 Å². The number of urea groups is 1. The number of likely N-dealkylation sites (tertiary alicyclic amines) is 1. The molecule has 1 aromatic carbocycles. The lowest BCUT2D eigenvalue weighted by Gasteiger charge is -2.61. The number of halogens is 3. The quantitative estimate of drug-likeness (QED) is 0.653. The fraction of sp³-hybridized carbons (Fsp3) is 0.450. The van der Waals surface area contributed by atoms with Crippen LogP contribution in [0.25, 0.3) is 5.69 Å². The first-order valence-corrected chi connectivity index (χ1v) is 10.2. The van der Waals surface area contributed by atoms with Crippen LogP contribution in [0.2, 0.25) is 0 Å². The molecule has 5 rings (SSSR count). The van der Waals surface area contributed by atoms with Crippen molar-refractivity contribution in [2.45, 2.75) is 50.9 Å². The molecule has 0 radical (unpaired) electrons. The summed E-state index contributed by atoms with van der Waals surface area (Å²) in [6, 6.07) is 2.90. The van der Waals surface area contributed by atoms with Crippen molar-refractivity contribution in [2.75, 3.05) is 5.32 Å². The molecule has 9 nitrogen and oxygen atoms in total. The predicted octanol–water partition coefficient (Wildman–Crippen LogP) is 3.91. The minimum Gasteiger partial charge on any atom is -0.423 e. The van der Waals surface area contributed by atoms with Crippen molar-refractivity contribution in [3.05, 3.63) is 47.9 Å². The van der Waals surface area contributed by atoms with E-state index in [2.05, 4.69) is 32.6 Å². The number of rotatable bonds is 3. The van der Waals surface area contributed by atoms with E-state index in [-0.39, 0.29) is 17.4 Å². The number of carbonyl (C=O) groups is 1. The van der Waals surface area contributed by atoms with Gasteiger partial charge in [0.2, 0.25) is 11.8 Å². The van der Waals surface area contributed by atoms with Gasteiger partial charge in [-0.1, -0.05) is 6.92 Å². The third-order valence-corrected chi connectivity index (χ3v) is 6.09. The zero-order chi connectivity index (χ0) is 22.7. The Morgan fingerprint density at radius 3 is 2.62 bits per heavy atom. The van der Waals surface area contributed by atoms with Gasteiger partial charge in [-0.25, -0.2) is 4.79 Å². The van der Waals surface area contributed by atoms with Gasteiger partial charge in [0.15, 0.2) is 0 Å². The van der Waals surface area contributed by atoms with E-state index in [1.165, 1.54) is 24.5 Å². The minimum absolute atomic E-state index is 0.00680. The van der Waals surface area contributed by atoms with E-state index in [0.717, 1.165) is 17.3 Å². The Bertz CT molecular complexity index is 1160. The van der Waals surface area contributed by atoms with Crippen molar-refractivity contribution >= 4 is 11.7 Å². The van der Waals surface area contributed by atoms with Gasteiger partial charge in [0.05, 0.1) is 23.6 Å². The molecule has 1 aliphatic heterocycles. The van der Waals surface area contributed by atoms with Crippen molar-refractivity contribution in [3.8, 4) is 5.69 Å². The molecule has 2 aromatic heterocycles. The lowest BCUT2D eigenvalue weighted by Crippen LogP contribution is -2.70. The van der Waals surface area contributed by atoms with Crippen molar-refractivity contribution in [3.63, 3.8) is 0 Å². The Hall–Kier alpha value is -3.44. The molecule has 12 heteroatoms. The number of aryl methyl sites for hydroxylation is 1. The van der Waals surface area contributed by atoms with E-state index in [0.29, 0.717) is 30.5 Å². The van der Waals surface area contributed by atoms with E-state index < -0.39 is 23.3 Å². The average molecular weight is 447 g/mol. The molecule has 1 saturated carbocycles. The second kappa shape index (κ2) is 7.04. The predicted molar refractivity (Wildman–Crippen MR) is 105 cm³/mol. The maximum atomic E-state index is 13.5. The van der Waals surface area contributed by atoms with Crippen LogP contribution in [0.5, 0.6) is 0 Å². The molecule has 32 heavy (non-hydrogen) atoms. The summed E-state index contributed by atoms with van der Waals surface area (Å²) in [5.74, 6) is 1.17. The molecule has 168 valence electrons. The van der Waals surface area contributed by atoms with Crippen LogP contribution in [0.4, 0.5) is 23.7 Å². The van der Waals surface area contributed by atoms with Gasteiger partial charge < -0.3 is 14.6 Å². The van der Waals surface area contributed by atoms with Gasteiger partial charge in [-0.2, -0.15) is 28.2 Å². The molecule has 3 aromatic rings. The fourth-order valence-corrected chi connectivity index (χ4v) is 4.97. The minimum atomic E-state index is -4.60. The first-order chi connectivity index (χ1) is 15.2. The normalized spacial score (nSPS) is 24.8. The van der Waals surface area contributed by atoms with Crippen molar-refractivity contribution in [2.24, 2.45) is 5.92 Å². The topological polar surface area (TPSA) is 102 Å². The second-order valence-corrected chi connectivity index (χ2v) is 8.41. The van der Waals surface area contributed by atoms with Crippen LogP contribution in [0.1, 0.15) is 43.5 Å². The summed E-state index contributed by atoms with van der Waals surface area (Å²) >= 11 is 0. The number of nitrogens with one attached hydrogen (secondary N) is 1. The largest absolute Gasteiger partial charge is 0.423 e. The van der Waals surface area contributed by atoms with Crippen molar-refractivity contribution < 1.29 is 22.4 Å². The molecule has 2 amide bonds. The molecule has 0 spiro atoms. The molecular weight excluding hydrogens is 427 g/mol. The molecule has 0 unspecified atom stereocenters. The third-order valence-electron chi connectivity index (χ3n) is 6.09. The highest BCUT2D eigenvalue weighted by Crippen LogP contribution is 2.55. The molecule has 2 aliphatic rings. The summed E-state index contributed by atoms with van der Waals surface area (Å²) < 4.78 is 46.1. The standard InChI is InChI=1S/C20H20F3N7O2/c1-11-7-14-10-19(9-11,17-28-27-12(2)32-17)29(14)18(31)26-13-3-4-15(20(21,22)23)16(8-13)30-24-5-6-25-30/h3-6,8,11,14H,7,9-10H2,1-2H3,(H,26,31)/t11-,14-,19+/m1/s1. The first kappa shape index (κ1) is 20.5. The third kappa shape index (κ3) is 3.21. The van der Waals surface area contributed by atoms with Crippen LogP contribution in [0.3, 0.4) is 0 Å². The summed E-state index contributed by atoms with van der Waals surface area (Å²) in [7, 11) is 0. The number of hydrogen-bond acceptors (Lipinski definition) is 6. The zero-order valence-corrected chi connectivity index (χ0v) is 17.3. The summed E-state index contributed by atoms with van der Waals surface area (Å²) in [6.07, 6.45) is 0.178. The van der Waals surface area contributed by atoms with E-state index in [1.807, 2.05) is 0 Å². The molecular formula is C20H20F3N7O2. The van der Waals surface area contributed by atoms with Crippen LogP contribution < -0.4 is 5.32 Å². The van der Waals surface area contributed by atoms with Crippen LogP contribution in [0.15, 0.2) is 35.0 Å². The maximum Gasteiger partial charge on any atom is 0.418 e. The molecule has 1 saturated heterocycles. The van der Waals surface area contributed by atoms with Gasteiger partial charge in [0.1, 0.15) is 5.54 Å². The fourth-order valence-electron chi connectivity index (χ4n) is 4.97.